The summed E-state index contributed by atoms with van der Waals surface area (Å²) in [6.07, 6.45) is 1.77. The van der Waals surface area contributed by atoms with Crippen LogP contribution < -0.4 is 14.8 Å². The van der Waals surface area contributed by atoms with Crippen molar-refractivity contribution in [3.63, 3.8) is 0 Å². The molecule has 1 N–H and O–H groups in total. The number of halogens is 2. The van der Waals surface area contributed by atoms with Gasteiger partial charge in [-0.25, -0.2) is 4.39 Å². The number of nitrogens with one attached hydrogen (secondary N) is 1. The maximum absolute atomic E-state index is 13.8. The van der Waals surface area contributed by atoms with Gasteiger partial charge in [-0.3, -0.25) is 4.98 Å². The number of nitrogens with zero attached hydrogens (tertiary/aromatic N) is 1. The van der Waals surface area contributed by atoms with Crippen LogP contribution in [-0.4, -0.2) is 11.6 Å². The number of aromatic nitrogens is 1. The first kappa shape index (κ1) is 20.1. The van der Waals surface area contributed by atoms with E-state index in [2.05, 4.69) is 10.3 Å². The molecular formula is C22H22ClFN2O2. The van der Waals surface area contributed by atoms with Crippen molar-refractivity contribution in [2.24, 2.45) is 0 Å². The van der Waals surface area contributed by atoms with Crippen LogP contribution in [0.15, 0.2) is 60.8 Å². The van der Waals surface area contributed by atoms with E-state index in [1.54, 1.807) is 24.4 Å². The summed E-state index contributed by atoms with van der Waals surface area (Å²) in [5.41, 5.74) is 2.38. The Morgan fingerprint density at radius 2 is 1.86 bits per heavy atom. The Morgan fingerprint density at radius 3 is 2.61 bits per heavy atom. The SMILES string of the molecule is CCOc1cc(CNCc2ccccn2)cc(Cl)c1OCc1ccccc1F. The second-order valence-corrected chi connectivity index (χ2v) is 6.55. The number of rotatable bonds is 9. The average molecular weight is 401 g/mol. The van der Waals surface area contributed by atoms with E-state index in [9.17, 15) is 4.39 Å². The maximum Gasteiger partial charge on any atom is 0.180 e. The molecule has 4 nitrogen and oxygen atoms in total. The summed E-state index contributed by atoms with van der Waals surface area (Å²) in [6, 6.07) is 16.0. The minimum absolute atomic E-state index is 0.0732. The van der Waals surface area contributed by atoms with Crippen LogP contribution in [0.2, 0.25) is 5.02 Å². The molecule has 0 saturated heterocycles. The molecule has 0 aliphatic carbocycles. The predicted molar refractivity (Wildman–Crippen MR) is 108 cm³/mol. The van der Waals surface area contributed by atoms with Gasteiger partial charge in [0.1, 0.15) is 12.4 Å². The molecule has 2 aromatic carbocycles. The summed E-state index contributed by atoms with van der Waals surface area (Å²) >= 11 is 6.43. The number of hydrogen-bond donors (Lipinski definition) is 1. The molecule has 0 aliphatic rings. The lowest BCUT2D eigenvalue weighted by atomic mass is 10.2. The third kappa shape index (κ3) is 5.44. The third-order valence-electron chi connectivity index (χ3n) is 4.06. The molecule has 6 heteroatoms. The van der Waals surface area contributed by atoms with Gasteiger partial charge in [0.2, 0.25) is 0 Å². The lowest BCUT2D eigenvalue weighted by Gasteiger charge is -2.16. The Morgan fingerprint density at radius 1 is 1.04 bits per heavy atom. The fraction of sp³-hybridized carbons (Fsp3) is 0.227. The van der Waals surface area contributed by atoms with Gasteiger partial charge in [-0.05, 0) is 42.8 Å². The molecule has 0 fully saturated rings. The van der Waals surface area contributed by atoms with Crippen molar-refractivity contribution in [2.75, 3.05) is 6.61 Å². The molecule has 146 valence electrons. The van der Waals surface area contributed by atoms with Crippen molar-refractivity contribution < 1.29 is 13.9 Å². The smallest absolute Gasteiger partial charge is 0.180 e. The van der Waals surface area contributed by atoms with E-state index < -0.39 is 0 Å². The van der Waals surface area contributed by atoms with E-state index in [1.165, 1.54) is 6.07 Å². The van der Waals surface area contributed by atoms with Crippen molar-refractivity contribution in [3.05, 3.63) is 88.5 Å². The van der Waals surface area contributed by atoms with Crippen LogP contribution >= 0.6 is 11.6 Å². The molecule has 0 unspecified atom stereocenters. The fourth-order valence-electron chi connectivity index (χ4n) is 2.73. The highest BCUT2D eigenvalue weighted by atomic mass is 35.5. The molecule has 0 aliphatic heterocycles. The molecule has 3 rings (SSSR count). The summed E-state index contributed by atoms with van der Waals surface area (Å²) in [4.78, 5) is 4.28. The minimum Gasteiger partial charge on any atom is -0.490 e. The highest BCUT2D eigenvalue weighted by Gasteiger charge is 2.14. The Bertz CT molecular complexity index is 906. The van der Waals surface area contributed by atoms with Crippen molar-refractivity contribution in [3.8, 4) is 11.5 Å². The average Bonchev–Trinajstić information content (AvgIpc) is 2.70. The monoisotopic (exact) mass is 400 g/mol. The molecule has 0 saturated carbocycles. The molecule has 0 radical (unpaired) electrons. The van der Waals surface area contributed by atoms with Crippen molar-refractivity contribution in [2.45, 2.75) is 26.6 Å². The molecule has 0 atom stereocenters. The Balaban J connectivity index is 1.69. The van der Waals surface area contributed by atoms with Gasteiger partial charge in [-0.2, -0.15) is 0 Å². The lowest BCUT2D eigenvalue weighted by molar-refractivity contribution is 0.266. The molecule has 0 bridgehead atoms. The summed E-state index contributed by atoms with van der Waals surface area (Å²) in [6.45, 7) is 3.68. The highest BCUT2D eigenvalue weighted by Crippen LogP contribution is 2.37. The van der Waals surface area contributed by atoms with Crippen LogP contribution in [0.3, 0.4) is 0 Å². The second-order valence-electron chi connectivity index (χ2n) is 6.14. The van der Waals surface area contributed by atoms with E-state index in [0.717, 1.165) is 11.3 Å². The van der Waals surface area contributed by atoms with Gasteiger partial charge >= 0.3 is 0 Å². The second kappa shape index (κ2) is 10.1. The van der Waals surface area contributed by atoms with Crippen LogP contribution in [0.5, 0.6) is 11.5 Å². The van der Waals surface area contributed by atoms with Crippen LogP contribution in [0.25, 0.3) is 0 Å². The van der Waals surface area contributed by atoms with E-state index in [4.69, 9.17) is 21.1 Å². The fourth-order valence-corrected chi connectivity index (χ4v) is 3.02. The third-order valence-corrected chi connectivity index (χ3v) is 4.34. The zero-order valence-corrected chi connectivity index (χ0v) is 16.4. The Labute approximate surface area is 169 Å². The van der Waals surface area contributed by atoms with Crippen molar-refractivity contribution >= 4 is 11.6 Å². The zero-order chi connectivity index (χ0) is 19.8. The number of hydrogen-bond acceptors (Lipinski definition) is 4. The summed E-state index contributed by atoms with van der Waals surface area (Å²) in [7, 11) is 0. The lowest BCUT2D eigenvalue weighted by Crippen LogP contribution is -2.14. The van der Waals surface area contributed by atoms with Gasteiger partial charge in [0.15, 0.2) is 11.5 Å². The standard InChI is InChI=1S/C22H22ClFN2O2/c1-2-27-21-12-16(13-25-14-18-8-5-6-10-26-18)11-19(23)22(21)28-15-17-7-3-4-9-20(17)24/h3-12,25H,2,13-15H2,1H3. The quantitative estimate of drug-likeness (QED) is 0.540. The topological polar surface area (TPSA) is 43.4 Å². The van der Waals surface area contributed by atoms with Gasteiger partial charge in [0, 0.05) is 24.8 Å². The molecule has 1 aromatic heterocycles. The maximum atomic E-state index is 13.8. The largest absolute Gasteiger partial charge is 0.490 e. The minimum atomic E-state index is -0.313. The first-order valence-electron chi connectivity index (χ1n) is 9.09. The first-order valence-corrected chi connectivity index (χ1v) is 9.47. The molecular weight excluding hydrogens is 379 g/mol. The van der Waals surface area contributed by atoms with Gasteiger partial charge in [-0.1, -0.05) is 35.9 Å². The van der Waals surface area contributed by atoms with Crippen molar-refractivity contribution in [1.29, 1.82) is 0 Å². The van der Waals surface area contributed by atoms with Gasteiger partial charge in [0.25, 0.3) is 0 Å². The normalized spacial score (nSPS) is 10.7. The van der Waals surface area contributed by atoms with E-state index in [0.29, 0.717) is 41.8 Å². The Hall–Kier alpha value is -2.63. The molecule has 0 amide bonds. The summed E-state index contributed by atoms with van der Waals surface area (Å²) in [5.74, 6) is 0.646. The number of ether oxygens (including phenoxy) is 2. The van der Waals surface area contributed by atoms with Crippen LogP contribution in [0.1, 0.15) is 23.7 Å². The molecule has 3 aromatic rings. The van der Waals surface area contributed by atoms with Crippen LogP contribution in [0.4, 0.5) is 4.39 Å². The van der Waals surface area contributed by atoms with Crippen LogP contribution in [-0.2, 0) is 19.7 Å². The van der Waals surface area contributed by atoms with Gasteiger partial charge < -0.3 is 14.8 Å². The molecule has 1 heterocycles. The molecule has 28 heavy (non-hydrogen) atoms. The first-order chi connectivity index (χ1) is 13.7. The zero-order valence-electron chi connectivity index (χ0n) is 15.6. The summed E-state index contributed by atoms with van der Waals surface area (Å²) in [5, 5.41) is 3.76. The van der Waals surface area contributed by atoms with Crippen LogP contribution in [0, 0.1) is 5.82 Å². The van der Waals surface area contributed by atoms with E-state index >= 15 is 0 Å². The van der Waals surface area contributed by atoms with E-state index in [1.807, 2.05) is 37.3 Å². The predicted octanol–water partition coefficient (Wildman–Crippen LogP) is 5.14. The van der Waals surface area contributed by atoms with Gasteiger partial charge in [-0.15, -0.1) is 0 Å². The van der Waals surface area contributed by atoms with Crippen molar-refractivity contribution in [1.82, 2.24) is 10.3 Å². The highest BCUT2D eigenvalue weighted by molar-refractivity contribution is 6.32. The molecule has 0 spiro atoms. The summed E-state index contributed by atoms with van der Waals surface area (Å²) < 4.78 is 25.3. The Kier molecular flexibility index (Phi) is 7.23. The van der Waals surface area contributed by atoms with Gasteiger partial charge in [0.05, 0.1) is 17.3 Å². The van der Waals surface area contributed by atoms with E-state index in [-0.39, 0.29) is 12.4 Å². The number of benzene rings is 2. The number of pyridine rings is 1.